The highest BCUT2D eigenvalue weighted by Gasteiger charge is 2.12. The van der Waals surface area contributed by atoms with E-state index < -0.39 is 5.97 Å². The average molecular weight is 256 g/mol. The number of rotatable bonds is 2. The summed E-state index contributed by atoms with van der Waals surface area (Å²) < 4.78 is 14.8. The molecule has 0 aliphatic carbocycles. The fraction of sp³-hybridized carbons (Fsp3) is 0. The first-order valence-corrected chi connectivity index (χ1v) is 5.63. The first kappa shape index (κ1) is 11.4. The Morgan fingerprint density at radius 1 is 1.21 bits per heavy atom. The molecule has 0 saturated carbocycles. The predicted octanol–water partition coefficient (Wildman–Crippen LogP) is 2.86. The van der Waals surface area contributed by atoms with Crippen molar-refractivity contribution in [3.05, 3.63) is 60.0 Å². The van der Waals surface area contributed by atoms with E-state index in [2.05, 4.69) is 5.10 Å². The second-order valence-corrected chi connectivity index (χ2v) is 4.08. The van der Waals surface area contributed by atoms with E-state index in [9.17, 15) is 9.18 Å². The number of aromatic nitrogens is 2. The summed E-state index contributed by atoms with van der Waals surface area (Å²) >= 11 is 0. The Morgan fingerprint density at radius 3 is 2.74 bits per heavy atom. The van der Waals surface area contributed by atoms with Crippen molar-refractivity contribution in [2.45, 2.75) is 0 Å². The number of hydrogen-bond donors (Lipinski definition) is 1. The van der Waals surface area contributed by atoms with Crippen molar-refractivity contribution in [1.82, 2.24) is 9.78 Å². The zero-order chi connectivity index (χ0) is 13.4. The summed E-state index contributed by atoms with van der Waals surface area (Å²) in [5.74, 6) is -1.38. The van der Waals surface area contributed by atoms with E-state index in [-0.39, 0.29) is 11.4 Å². The van der Waals surface area contributed by atoms with Crippen LogP contribution >= 0.6 is 0 Å². The molecule has 1 N–H and O–H groups in total. The molecule has 3 rings (SSSR count). The molecule has 5 heteroatoms. The fourth-order valence-electron chi connectivity index (χ4n) is 2.05. The van der Waals surface area contributed by atoms with E-state index in [1.165, 1.54) is 29.1 Å². The van der Waals surface area contributed by atoms with Gasteiger partial charge in [-0.05, 0) is 30.3 Å². The molecule has 0 bridgehead atoms. The van der Waals surface area contributed by atoms with Crippen LogP contribution in [0.2, 0.25) is 0 Å². The largest absolute Gasteiger partial charge is 0.478 e. The standard InChI is InChI=1S/C14H9FN2O2/c15-9-3-1-4-10(7-9)17-13-6-2-5-11(14(18)19)12(13)8-16-17/h1-8H,(H,18,19). The number of nitrogens with zero attached hydrogens (tertiary/aromatic N) is 2. The van der Waals surface area contributed by atoms with Gasteiger partial charge in [-0.15, -0.1) is 0 Å². The molecule has 1 heterocycles. The third-order valence-electron chi connectivity index (χ3n) is 2.90. The minimum absolute atomic E-state index is 0.181. The third-order valence-corrected chi connectivity index (χ3v) is 2.90. The van der Waals surface area contributed by atoms with Crippen molar-refractivity contribution in [3.63, 3.8) is 0 Å². The molecule has 94 valence electrons. The molecule has 0 fully saturated rings. The van der Waals surface area contributed by atoms with Crippen LogP contribution in [-0.4, -0.2) is 20.9 Å². The van der Waals surface area contributed by atoms with Crippen LogP contribution in [0.3, 0.4) is 0 Å². The smallest absolute Gasteiger partial charge is 0.336 e. The third kappa shape index (κ3) is 1.85. The van der Waals surface area contributed by atoms with Crippen LogP contribution in [0.4, 0.5) is 4.39 Å². The maximum Gasteiger partial charge on any atom is 0.336 e. The van der Waals surface area contributed by atoms with Gasteiger partial charge in [-0.1, -0.05) is 12.1 Å². The molecule has 0 amide bonds. The van der Waals surface area contributed by atoms with Crippen molar-refractivity contribution < 1.29 is 14.3 Å². The van der Waals surface area contributed by atoms with Gasteiger partial charge < -0.3 is 5.11 Å². The van der Waals surface area contributed by atoms with E-state index in [0.717, 1.165) is 0 Å². The summed E-state index contributed by atoms with van der Waals surface area (Å²) in [7, 11) is 0. The maximum atomic E-state index is 13.2. The Morgan fingerprint density at radius 2 is 2.00 bits per heavy atom. The van der Waals surface area contributed by atoms with Crippen molar-refractivity contribution in [3.8, 4) is 5.69 Å². The van der Waals surface area contributed by atoms with Crippen LogP contribution in [0, 0.1) is 5.82 Å². The van der Waals surface area contributed by atoms with Crippen LogP contribution in [0.15, 0.2) is 48.7 Å². The fourth-order valence-corrected chi connectivity index (χ4v) is 2.05. The van der Waals surface area contributed by atoms with Gasteiger partial charge in [-0.25, -0.2) is 13.9 Å². The van der Waals surface area contributed by atoms with Gasteiger partial charge >= 0.3 is 5.97 Å². The quantitative estimate of drug-likeness (QED) is 0.767. The van der Waals surface area contributed by atoms with Crippen LogP contribution in [0.5, 0.6) is 0 Å². The van der Waals surface area contributed by atoms with Gasteiger partial charge in [0.05, 0.1) is 23.0 Å². The first-order valence-electron chi connectivity index (χ1n) is 5.63. The molecule has 0 radical (unpaired) electrons. The highest BCUT2D eigenvalue weighted by atomic mass is 19.1. The van der Waals surface area contributed by atoms with E-state index in [1.807, 2.05) is 0 Å². The van der Waals surface area contributed by atoms with Gasteiger partial charge in [-0.3, -0.25) is 0 Å². The molecule has 4 nitrogen and oxygen atoms in total. The molecule has 0 aliphatic rings. The Bertz CT molecular complexity index is 780. The topological polar surface area (TPSA) is 55.1 Å². The molecule has 2 aromatic carbocycles. The Hall–Kier alpha value is -2.69. The summed E-state index contributed by atoms with van der Waals surface area (Å²) in [5.41, 5.74) is 1.36. The molecule has 0 atom stereocenters. The molecular formula is C14H9FN2O2. The zero-order valence-corrected chi connectivity index (χ0v) is 9.75. The number of carboxylic acid groups (broad SMARTS) is 1. The highest BCUT2D eigenvalue weighted by molar-refractivity contribution is 6.02. The Labute approximate surface area is 107 Å². The maximum absolute atomic E-state index is 13.2. The highest BCUT2D eigenvalue weighted by Crippen LogP contribution is 2.22. The van der Waals surface area contributed by atoms with Crippen LogP contribution < -0.4 is 0 Å². The van der Waals surface area contributed by atoms with E-state index in [4.69, 9.17) is 5.11 Å². The minimum atomic E-state index is -1.01. The summed E-state index contributed by atoms with van der Waals surface area (Å²) in [6.07, 6.45) is 1.48. The second-order valence-electron chi connectivity index (χ2n) is 4.08. The molecule has 0 unspecified atom stereocenters. The number of halogens is 1. The van der Waals surface area contributed by atoms with Gasteiger partial charge in [0.2, 0.25) is 0 Å². The van der Waals surface area contributed by atoms with Crippen molar-refractivity contribution in [2.75, 3.05) is 0 Å². The summed E-state index contributed by atoms with van der Waals surface area (Å²) in [6, 6.07) is 10.9. The minimum Gasteiger partial charge on any atom is -0.478 e. The van der Waals surface area contributed by atoms with Crippen molar-refractivity contribution in [2.24, 2.45) is 0 Å². The predicted molar refractivity (Wildman–Crippen MR) is 68.0 cm³/mol. The van der Waals surface area contributed by atoms with E-state index in [1.54, 1.807) is 24.3 Å². The second kappa shape index (κ2) is 4.20. The van der Waals surface area contributed by atoms with Crippen LogP contribution in [-0.2, 0) is 0 Å². The van der Waals surface area contributed by atoms with Gasteiger partial charge in [-0.2, -0.15) is 5.10 Å². The van der Waals surface area contributed by atoms with Crippen molar-refractivity contribution in [1.29, 1.82) is 0 Å². The Kier molecular flexibility index (Phi) is 2.52. The van der Waals surface area contributed by atoms with E-state index >= 15 is 0 Å². The lowest BCUT2D eigenvalue weighted by atomic mass is 10.1. The molecule has 0 aliphatic heterocycles. The number of carboxylic acids is 1. The average Bonchev–Trinajstić information content (AvgIpc) is 2.82. The number of benzene rings is 2. The molecule has 3 aromatic rings. The van der Waals surface area contributed by atoms with Gasteiger partial charge in [0.1, 0.15) is 5.82 Å². The first-order chi connectivity index (χ1) is 9.16. The number of aromatic carboxylic acids is 1. The summed E-state index contributed by atoms with van der Waals surface area (Å²) in [5, 5.41) is 13.8. The van der Waals surface area contributed by atoms with Gasteiger partial charge in [0, 0.05) is 5.39 Å². The number of fused-ring (bicyclic) bond motifs is 1. The Balaban J connectivity index is 2.27. The normalized spacial score (nSPS) is 10.8. The van der Waals surface area contributed by atoms with E-state index in [0.29, 0.717) is 16.6 Å². The van der Waals surface area contributed by atoms with Crippen LogP contribution in [0.1, 0.15) is 10.4 Å². The monoisotopic (exact) mass is 256 g/mol. The number of carbonyl (C=O) groups is 1. The van der Waals surface area contributed by atoms with Crippen molar-refractivity contribution >= 4 is 16.9 Å². The molecule has 0 saturated heterocycles. The lowest BCUT2D eigenvalue weighted by Crippen LogP contribution is -1.98. The lowest BCUT2D eigenvalue weighted by Gasteiger charge is -2.04. The molecule has 1 aromatic heterocycles. The molecule has 19 heavy (non-hydrogen) atoms. The van der Waals surface area contributed by atoms with Gasteiger partial charge in [0.15, 0.2) is 0 Å². The molecular weight excluding hydrogens is 247 g/mol. The number of hydrogen-bond acceptors (Lipinski definition) is 2. The van der Waals surface area contributed by atoms with Crippen LogP contribution in [0.25, 0.3) is 16.6 Å². The molecule has 0 spiro atoms. The SMILES string of the molecule is O=C(O)c1cccc2c1cnn2-c1cccc(F)c1. The lowest BCUT2D eigenvalue weighted by molar-refractivity contribution is 0.0699. The summed E-state index contributed by atoms with van der Waals surface area (Å²) in [4.78, 5) is 11.1. The zero-order valence-electron chi connectivity index (χ0n) is 9.75. The van der Waals surface area contributed by atoms with Gasteiger partial charge in [0.25, 0.3) is 0 Å². The summed E-state index contributed by atoms with van der Waals surface area (Å²) in [6.45, 7) is 0.